The first kappa shape index (κ1) is 24.2. The van der Waals surface area contributed by atoms with E-state index in [4.69, 9.17) is 4.74 Å². The quantitative estimate of drug-likeness (QED) is 0.298. The molecule has 156 valence electrons. The average Bonchev–Trinajstić information content (AvgIpc) is 3.32. The summed E-state index contributed by atoms with van der Waals surface area (Å²) in [7, 11) is 3.96. The zero-order valence-corrected chi connectivity index (χ0v) is 19.6. The van der Waals surface area contributed by atoms with Gasteiger partial charge in [0.05, 0.1) is 24.9 Å². The largest absolute Gasteiger partial charge is 0.389 e. The van der Waals surface area contributed by atoms with Crippen molar-refractivity contribution in [3.63, 3.8) is 0 Å². The molecular weight excluding hydrogens is 457 g/mol. The Morgan fingerprint density at radius 1 is 1.48 bits per heavy atom. The summed E-state index contributed by atoms with van der Waals surface area (Å²) in [5.74, 6) is 1.88. The Morgan fingerprint density at radius 2 is 2.19 bits per heavy atom. The molecule has 2 rings (SSSR count). The van der Waals surface area contributed by atoms with Gasteiger partial charge >= 0.3 is 0 Å². The van der Waals surface area contributed by atoms with Crippen molar-refractivity contribution >= 4 is 29.9 Å². The van der Waals surface area contributed by atoms with E-state index in [9.17, 15) is 5.11 Å². The summed E-state index contributed by atoms with van der Waals surface area (Å²) >= 11 is 0. The van der Waals surface area contributed by atoms with Crippen molar-refractivity contribution in [2.45, 2.75) is 52.2 Å². The van der Waals surface area contributed by atoms with Crippen molar-refractivity contribution in [3.8, 4) is 0 Å². The molecule has 0 saturated heterocycles. The molecule has 7 nitrogen and oxygen atoms in total. The third-order valence-corrected chi connectivity index (χ3v) is 4.40. The minimum atomic E-state index is -0.569. The summed E-state index contributed by atoms with van der Waals surface area (Å²) in [6.45, 7) is 9.31. The first-order valence-corrected chi connectivity index (χ1v) is 9.68. The number of nitrogens with zero attached hydrogens (tertiary/aromatic N) is 4. The second-order valence-electron chi connectivity index (χ2n) is 7.55. The number of aliphatic hydroxyl groups excluding tert-OH is 1. The fourth-order valence-electron chi connectivity index (χ4n) is 2.86. The van der Waals surface area contributed by atoms with Crippen LogP contribution in [0.4, 0.5) is 0 Å². The van der Waals surface area contributed by atoms with E-state index < -0.39 is 6.10 Å². The molecule has 1 saturated carbocycles. The number of guanidine groups is 1. The van der Waals surface area contributed by atoms with Crippen LogP contribution in [0, 0.1) is 5.92 Å². The van der Waals surface area contributed by atoms with E-state index in [0.717, 1.165) is 31.3 Å². The highest BCUT2D eigenvalue weighted by molar-refractivity contribution is 14.0. The Morgan fingerprint density at radius 3 is 2.78 bits per heavy atom. The number of hydrogen-bond donors (Lipinski definition) is 2. The van der Waals surface area contributed by atoms with E-state index in [2.05, 4.69) is 40.4 Å². The molecule has 2 N–H and O–H groups in total. The smallest absolute Gasteiger partial charge is 0.194 e. The second-order valence-corrected chi connectivity index (χ2v) is 7.55. The predicted molar refractivity (Wildman–Crippen MR) is 120 cm³/mol. The first-order valence-electron chi connectivity index (χ1n) is 9.68. The van der Waals surface area contributed by atoms with Crippen molar-refractivity contribution < 1.29 is 9.84 Å². The van der Waals surface area contributed by atoms with Gasteiger partial charge in [-0.05, 0) is 31.6 Å². The van der Waals surface area contributed by atoms with E-state index >= 15 is 0 Å². The molecular formula is C19H36IN5O2. The number of nitrogens with one attached hydrogen (secondary N) is 1. The van der Waals surface area contributed by atoms with Crippen LogP contribution >= 0.6 is 24.0 Å². The summed E-state index contributed by atoms with van der Waals surface area (Å²) in [5.41, 5.74) is 2.31. The van der Waals surface area contributed by atoms with Crippen molar-refractivity contribution in [1.82, 2.24) is 20.0 Å². The van der Waals surface area contributed by atoms with Gasteiger partial charge in [0.2, 0.25) is 0 Å². The molecule has 1 fully saturated rings. The van der Waals surface area contributed by atoms with Gasteiger partial charge in [-0.25, -0.2) is 0 Å². The van der Waals surface area contributed by atoms with Crippen molar-refractivity contribution in [3.05, 3.63) is 17.5 Å². The number of halogens is 1. The van der Waals surface area contributed by atoms with Crippen LogP contribution in [0.5, 0.6) is 0 Å². The Labute approximate surface area is 180 Å². The number of aliphatic hydroxyl groups is 1. The van der Waals surface area contributed by atoms with E-state index in [0.29, 0.717) is 25.0 Å². The molecule has 1 aliphatic carbocycles. The topological polar surface area (TPSA) is 74.9 Å². The molecule has 1 atom stereocenters. The van der Waals surface area contributed by atoms with Gasteiger partial charge in [-0.3, -0.25) is 9.67 Å². The normalized spacial score (nSPS) is 15.6. The molecule has 1 aromatic rings. The third-order valence-electron chi connectivity index (χ3n) is 4.40. The second kappa shape index (κ2) is 11.9. The Balaban J connectivity index is 0.00000364. The van der Waals surface area contributed by atoms with Gasteiger partial charge in [0.25, 0.3) is 0 Å². The molecule has 0 amide bonds. The molecule has 0 spiro atoms. The van der Waals surface area contributed by atoms with Gasteiger partial charge in [0.1, 0.15) is 0 Å². The lowest BCUT2D eigenvalue weighted by Crippen LogP contribution is -2.39. The minimum Gasteiger partial charge on any atom is -0.389 e. The molecule has 0 aliphatic heterocycles. The van der Waals surface area contributed by atoms with Crippen molar-refractivity contribution in [2.24, 2.45) is 18.0 Å². The van der Waals surface area contributed by atoms with E-state index in [1.54, 1.807) is 0 Å². The standard InChI is InChI=1S/C19H35N5O2.HI/c1-6-20-19(21-9-17(25)13-26-12-15-7-8-15)23(4)10-16-11-24(5)22-18(16)14(2)3;/h11,14-15,17,25H,6-10,12-13H2,1-5H3,(H,20,21);1H. The number of aromatic nitrogens is 2. The maximum absolute atomic E-state index is 10.1. The molecule has 0 radical (unpaired) electrons. The molecule has 1 aromatic heterocycles. The third kappa shape index (κ3) is 8.35. The van der Waals surface area contributed by atoms with Crippen LogP contribution in [0.25, 0.3) is 0 Å². The Kier molecular flexibility index (Phi) is 10.6. The zero-order chi connectivity index (χ0) is 19.1. The van der Waals surface area contributed by atoms with E-state index in [1.165, 1.54) is 18.4 Å². The maximum atomic E-state index is 10.1. The van der Waals surface area contributed by atoms with Gasteiger partial charge in [-0.15, -0.1) is 24.0 Å². The van der Waals surface area contributed by atoms with Crippen LogP contribution in [0.15, 0.2) is 11.2 Å². The Bertz CT molecular complexity index is 587. The van der Waals surface area contributed by atoms with E-state index in [1.807, 2.05) is 25.7 Å². The highest BCUT2D eigenvalue weighted by Gasteiger charge is 2.21. The predicted octanol–water partition coefficient (Wildman–Crippen LogP) is 2.35. The van der Waals surface area contributed by atoms with E-state index in [-0.39, 0.29) is 24.0 Å². The lowest BCUT2D eigenvalue weighted by molar-refractivity contribution is 0.0367. The number of rotatable bonds is 10. The van der Waals surface area contributed by atoms with Gasteiger partial charge in [-0.2, -0.15) is 5.10 Å². The highest BCUT2D eigenvalue weighted by atomic mass is 127. The fourth-order valence-corrected chi connectivity index (χ4v) is 2.86. The minimum absolute atomic E-state index is 0. The number of ether oxygens (including phenoxy) is 1. The van der Waals surface area contributed by atoms with Crippen LogP contribution in [0.3, 0.4) is 0 Å². The monoisotopic (exact) mass is 493 g/mol. The zero-order valence-electron chi connectivity index (χ0n) is 17.3. The van der Waals surface area contributed by atoms with Crippen molar-refractivity contribution in [1.29, 1.82) is 0 Å². The molecule has 1 heterocycles. The molecule has 8 heteroatoms. The van der Waals surface area contributed by atoms with Gasteiger partial charge in [0, 0.05) is 45.6 Å². The average molecular weight is 493 g/mol. The fraction of sp³-hybridized carbons (Fsp3) is 0.789. The van der Waals surface area contributed by atoms with Crippen LogP contribution < -0.4 is 5.32 Å². The maximum Gasteiger partial charge on any atom is 0.194 e. The van der Waals surface area contributed by atoms with Crippen LogP contribution in [-0.4, -0.2) is 65.2 Å². The first-order chi connectivity index (χ1) is 12.4. The highest BCUT2D eigenvalue weighted by Crippen LogP contribution is 2.28. The molecule has 1 unspecified atom stereocenters. The summed E-state index contributed by atoms with van der Waals surface area (Å²) in [6.07, 6.45) is 4.02. The number of aryl methyl sites for hydroxylation is 1. The van der Waals surface area contributed by atoms with Crippen LogP contribution in [0.2, 0.25) is 0 Å². The van der Waals surface area contributed by atoms with Gasteiger partial charge < -0.3 is 20.1 Å². The molecule has 27 heavy (non-hydrogen) atoms. The molecule has 0 bridgehead atoms. The van der Waals surface area contributed by atoms with Gasteiger partial charge in [-0.1, -0.05) is 13.8 Å². The SMILES string of the molecule is CCNC(=NCC(O)COCC1CC1)N(C)Cc1cn(C)nc1C(C)C.I. The molecule has 1 aliphatic rings. The summed E-state index contributed by atoms with van der Waals surface area (Å²) in [6, 6.07) is 0. The lowest BCUT2D eigenvalue weighted by Gasteiger charge is -2.23. The summed E-state index contributed by atoms with van der Waals surface area (Å²) in [5, 5.41) is 18.0. The number of hydrogen-bond acceptors (Lipinski definition) is 4. The Hall–Kier alpha value is -0.870. The summed E-state index contributed by atoms with van der Waals surface area (Å²) in [4.78, 5) is 6.65. The van der Waals surface area contributed by atoms with Crippen LogP contribution in [0.1, 0.15) is 50.8 Å². The van der Waals surface area contributed by atoms with Crippen LogP contribution in [-0.2, 0) is 18.3 Å². The number of aliphatic imine (C=N–C) groups is 1. The molecule has 0 aromatic carbocycles. The lowest BCUT2D eigenvalue weighted by atomic mass is 10.1. The van der Waals surface area contributed by atoms with Crippen molar-refractivity contribution in [2.75, 3.05) is 33.4 Å². The summed E-state index contributed by atoms with van der Waals surface area (Å²) < 4.78 is 7.41. The van der Waals surface area contributed by atoms with Gasteiger partial charge in [0.15, 0.2) is 5.96 Å².